The fraction of sp³-hybridized carbons (Fsp3) is 0.409. The Kier molecular flexibility index (Phi) is 6.92. The summed E-state index contributed by atoms with van der Waals surface area (Å²) in [5.41, 5.74) is 0.564. The summed E-state index contributed by atoms with van der Waals surface area (Å²) in [6.45, 7) is 5.53. The molecule has 1 aliphatic rings. The molecule has 0 aliphatic carbocycles. The van der Waals surface area contributed by atoms with E-state index in [-0.39, 0.29) is 23.8 Å². The Morgan fingerprint density at radius 1 is 1.03 bits per heavy atom. The summed E-state index contributed by atoms with van der Waals surface area (Å²) in [5.74, 6) is 1.24. The number of carbonyl (C=O) groups is 1. The molecule has 7 heteroatoms. The van der Waals surface area contributed by atoms with Crippen LogP contribution in [0.2, 0.25) is 0 Å². The van der Waals surface area contributed by atoms with Crippen molar-refractivity contribution in [3.63, 3.8) is 0 Å². The molecule has 1 N–H and O–H groups in total. The van der Waals surface area contributed by atoms with Gasteiger partial charge in [0.15, 0.2) is 0 Å². The average Bonchev–Trinajstić information content (AvgIpc) is 2.68. The number of ether oxygens (including phenoxy) is 1. The Morgan fingerprint density at radius 3 is 2.28 bits per heavy atom. The van der Waals surface area contributed by atoms with Crippen molar-refractivity contribution >= 4 is 21.6 Å². The fourth-order valence-corrected chi connectivity index (χ4v) is 5.34. The average molecular weight is 417 g/mol. The van der Waals surface area contributed by atoms with Crippen molar-refractivity contribution in [3.8, 4) is 5.75 Å². The van der Waals surface area contributed by atoms with E-state index >= 15 is 0 Å². The van der Waals surface area contributed by atoms with Crippen LogP contribution in [-0.4, -0.2) is 38.3 Å². The zero-order valence-electron chi connectivity index (χ0n) is 16.9. The number of hydrogen-bond acceptors (Lipinski definition) is 4. The van der Waals surface area contributed by atoms with Gasteiger partial charge in [0.05, 0.1) is 17.9 Å². The highest BCUT2D eigenvalue weighted by molar-refractivity contribution is 7.89. The molecule has 2 atom stereocenters. The highest BCUT2D eigenvalue weighted by Gasteiger charge is 2.31. The topological polar surface area (TPSA) is 75.7 Å². The normalized spacial score (nSPS) is 20.2. The van der Waals surface area contributed by atoms with Crippen LogP contribution in [0.15, 0.2) is 59.5 Å². The van der Waals surface area contributed by atoms with Gasteiger partial charge >= 0.3 is 0 Å². The van der Waals surface area contributed by atoms with Crippen molar-refractivity contribution < 1.29 is 17.9 Å². The van der Waals surface area contributed by atoms with Gasteiger partial charge in [-0.2, -0.15) is 4.31 Å². The molecule has 1 heterocycles. The number of hydrogen-bond donors (Lipinski definition) is 1. The number of sulfonamides is 1. The monoisotopic (exact) mass is 416 g/mol. The molecule has 1 saturated heterocycles. The Morgan fingerprint density at radius 2 is 1.66 bits per heavy atom. The lowest BCUT2D eigenvalue weighted by Crippen LogP contribution is -2.42. The van der Waals surface area contributed by atoms with Crippen molar-refractivity contribution in [2.45, 2.75) is 31.6 Å². The molecular formula is C22H28N2O4S. The van der Waals surface area contributed by atoms with Gasteiger partial charge in [0.25, 0.3) is 0 Å². The van der Waals surface area contributed by atoms with Gasteiger partial charge < -0.3 is 10.1 Å². The number of para-hydroxylation sites is 1. The van der Waals surface area contributed by atoms with Crippen molar-refractivity contribution in [1.82, 2.24) is 4.31 Å². The summed E-state index contributed by atoms with van der Waals surface area (Å²) in [5, 5.41) is 2.77. The van der Waals surface area contributed by atoms with Crippen LogP contribution >= 0.6 is 0 Å². The van der Waals surface area contributed by atoms with Gasteiger partial charge in [-0.05, 0) is 54.7 Å². The molecule has 1 fully saturated rings. The van der Waals surface area contributed by atoms with Gasteiger partial charge in [-0.1, -0.05) is 32.0 Å². The van der Waals surface area contributed by atoms with E-state index in [4.69, 9.17) is 4.74 Å². The molecule has 6 nitrogen and oxygen atoms in total. The van der Waals surface area contributed by atoms with Gasteiger partial charge in [-0.15, -0.1) is 0 Å². The van der Waals surface area contributed by atoms with Crippen molar-refractivity contribution in [2.24, 2.45) is 11.8 Å². The summed E-state index contributed by atoms with van der Waals surface area (Å²) >= 11 is 0. The highest BCUT2D eigenvalue weighted by Crippen LogP contribution is 2.27. The zero-order chi connectivity index (χ0) is 20.9. The van der Waals surface area contributed by atoms with Crippen molar-refractivity contribution in [3.05, 3.63) is 54.6 Å². The van der Waals surface area contributed by atoms with Gasteiger partial charge in [0, 0.05) is 18.8 Å². The van der Waals surface area contributed by atoms with Crippen molar-refractivity contribution in [1.29, 1.82) is 0 Å². The van der Waals surface area contributed by atoms with E-state index in [2.05, 4.69) is 19.2 Å². The fourth-order valence-electron chi connectivity index (χ4n) is 3.66. The Balaban J connectivity index is 1.54. The minimum atomic E-state index is -3.52. The number of rotatable bonds is 7. The predicted octanol–water partition coefficient (Wildman–Crippen LogP) is 3.76. The molecule has 2 aromatic rings. The summed E-state index contributed by atoms with van der Waals surface area (Å²) < 4.78 is 32.9. The standard InChI is InChI=1S/C22H28N2O4S/c1-17-14-18(2)16-24(15-17)29(26,27)21-10-8-19(9-11-21)23-22(25)12-13-28-20-6-4-3-5-7-20/h3-11,17-18H,12-16H2,1-2H3,(H,23,25)/t17-,18+. The quantitative estimate of drug-likeness (QED) is 0.746. The maximum absolute atomic E-state index is 12.9. The summed E-state index contributed by atoms with van der Waals surface area (Å²) in [4.78, 5) is 12.3. The maximum atomic E-state index is 12.9. The third-order valence-corrected chi connectivity index (χ3v) is 6.80. The molecule has 0 aromatic heterocycles. The molecule has 0 saturated carbocycles. The molecule has 156 valence electrons. The second-order valence-corrected chi connectivity index (χ2v) is 9.69. The number of nitrogens with one attached hydrogen (secondary N) is 1. The first kappa shape index (κ1) is 21.3. The lowest BCUT2D eigenvalue weighted by molar-refractivity contribution is -0.116. The number of amides is 1. The molecule has 0 unspecified atom stereocenters. The molecule has 1 aliphatic heterocycles. The highest BCUT2D eigenvalue weighted by atomic mass is 32.2. The van der Waals surface area contributed by atoms with Gasteiger partial charge in [0.2, 0.25) is 15.9 Å². The van der Waals surface area contributed by atoms with E-state index < -0.39 is 10.0 Å². The number of carbonyl (C=O) groups excluding carboxylic acids is 1. The van der Waals surface area contributed by atoms with E-state index in [0.717, 1.165) is 12.2 Å². The van der Waals surface area contributed by atoms with Crippen LogP contribution in [0.5, 0.6) is 5.75 Å². The van der Waals surface area contributed by atoms with E-state index in [1.165, 1.54) is 0 Å². The predicted molar refractivity (Wildman–Crippen MR) is 113 cm³/mol. The molecule has 0 spiro atoms. The Labute approximate surface area is 172 Å². The molecular weight excluding hydrogens is 388 g/mol. The Hall–Kier alpha value is -2.38. The molecule has 29 heavy (non-hydrogen) atoms. The van der Waals surface area contributed by atoms with Crippen LogP contribution in [0.25, 0.3) is 0 Å². The maximum Gasteiger partial charge on any atom is 0.243 e. The first-order chi connectivity index (χ1) is 13.8. The lowest BCUT2D eigenvalue weighted by atomic mass is 9.94. The zero-order valence-corrected chi connectivity index (χ0v) is 17.7. The minimum Gasteiger partial charge on any atom is -0.493 e. The summed E-state index contributed by atoms with van der Waals surface area (Å²) in [7, 11) is -3.52. The number of benzene rings is 2. The SMILES string of the molecule is C[C@@H]1C[C@H](C)CN(S(=O)(=O)c2ccc(NC(=O)CCOc3ccccc3)cc2)C1. The van der Waals surface area contributed by atoms with Crippen LogP contribution in [-0.2, 0) is 14.8 Å². The minimum absolute atomic E-state index is 0.185. The first-order valence-electron chi connectivity index (χ1n) is 9.92. The van der Waals surface area contributed by atoms with Gasteiger partial charge in [0.1, 0.15) is 5.75 Å². The Bertz CT molecular complexity index is 904. The van der Waals surface area contributed by atoms with Crippen LogP contribution in [0.1, 0.15) is 26.7 Å². The third-order valence-electron chi connectivity index (χ3n) is 4.95. The third kappa shape index (κ3) is 5.81. The first-order valence-corrected chi connectivity index (χ1v) is 11.4. The summed E-state index contributed by atoms with van der Waals surface area (Å²) in [6, 6.07) is 15.7. The second kappa shape index (κ2) is 9.41. The number of nitrogens with zero attached hydrogens (tertiary/aromatic N) is 1. The largest absolute Gasteiger partial charge is 0.493 e. The molecule has 0 radical (unpaired) electrons. The second-order valence-electron chi connectivity index (χ2n) is 7.75. The van der Waals surface area contributed by atoms with E-state index in [0.29, 0.717) is 30.6 Å². The van der Waals surface area contributed by atoms with Crippen molar-refractivity contribution in [2.75, 3.05) is 25.0 Å². The van der Waals surface area contributed by atoms with Crippen LogP contribution < -0.4 is 10.1 Å². The lowest BCUT2D eigenvalue weighted by Gasteiger charge is -2.34. The van der Waals surface area contributed by atoms with Crippen LogP contribution in [0.3, 0.4) is 0 Å². The van der Waals surface area contributed by atoms with Gasteiger partial charge in [-0.3, -0.25) is 4.79 Å². The van der Waals surface area contributed by atoms with E-state index in [1.54, 1.807) is 28.6 Å². The number of anilines is 1. The molecule has 2 aromatic carbocycles. The summed E-state index contributed by atoms with van der Waals surface area (Å²) in [6.07, 6.45) is 1.25. The number of piperidine rings is 1. The van der Waals surface area contributed by atoms with E-state index in [1.807, 2.05) is 30.3 Å². The van der Waals surface area contributed by atoms with Crippen LogP contribution in [0.4, 0.5) is 5.69 Å². The molecule has 1 amide bonds. The van der Waals surface area contributed by atoms with Gasteiger partial charge in [-0.25, -0.2) is 8.42 Å². The molecule has 3 rings (SSSR count). The van der Waals surface area contributed by atoms with Crippen LogP contribution in [0, 0.1) is 11.8 Å². The smallest absolute Gasteiger partial charge is 0.243 e. The molecule has 0 bridgehead atoms. The van der Waals surface area contributed by atoms with E-state index in [9.17, 15) is 13.2 Å².